The van der Waals surface area contributed by atoms with E-state index in [4.69, 9.17) is 0 Å². The molecule has 0 heterocycles. The molecule has 1 aliphatic rings. The van der Waals surface area contributed by atoms with E-state index in [1.54, 1.807) is 6.92 Å². The number of esters is 1. The molecule has 1 unspecified atom stereocenters. The van der Waals surface area contributed by atoms with E-state index in [1.165, 1.54) is 25.3 Å². The van der Waals surface area contributed by atoms with Crippen LogP contribution in [0.5, 0.6) is 5.75 Å². The summed E-state index contributed by atoms with van der Waals surface area (Å²) in [5, 5.41) is 10.4. The van der Waals surface area contributed by atoms with Crippen LogP contribution in [0.2, 0.25) is 0 Å². The lowest BCUT2D eigenvalue weighted by Crippen LogP contribution is -2.39. The van der Waals surface area contributed by atoms with Gasteiger partial charge in [-0.1, -0.05) is 49.2 Å². The highest BCUT2D eigenvalue weighted by Crippen LogP contribution is 2.44. The standard InChI is InChI=1S/C23H24O5/c1-15(19(24)17-11-8-12-18(20(17)25)22(27)28-2)21(26)23(13-6-7-14-23)16-9-4-3-5-10-16/h3-5,8-12,15,25H,6-7,13-14H2,1-2H3. The van der Waals surface area contributed by atoms with Gasteiger partial charge in [-0.2, -0.15) is 0 Å². The highest BCUT2D eigenvalue weighted by molar-refractivity contribution is 6.15. The second kappa shape index (κ2) is 7.97. The van der Waals surface area contributed by atoms with Crippen LogP contribution in [0.15, 0.2) is 48.5 Å². The van der Waals surface area contributed by atoms with Crippen LogP contribution in [0.4, 0.5) is 0 Å². The number of ketones is 2. The van der Waals surface area contributed by atoms with Gasteiger partial charge in [-0.05, 0) is 37.5 Å². The first-order valence-corrected chi connectivity index (χ1v) is 9.46. The van der Waals surface area contributed by atoms with Crippen LogP contribution in [0.25, 0.3) is 0 Å². The molecule has 2 aromatic carbocycles. The van der Waals surface area contributed by atoms with Gasteiger partial charge in [-0.3, -0.25) is 9.59 Å². The lowest BCUT2D eigenvalue weighted by atomic mass is 9.70. The van der Waals surface area contributed by atoms with Gasteiger partial charge in [0, 0.05) is 0 Å². The minimum Gasteiger partial charge on any atom is -0.506 e. The Bertz CT molecular complexity index is 894. The van der Waals surface area contributed by atoms with Crippen molar-refractivity contribution >= 4 is 17.5 Å². The number of ether oxygens (including phenoxy) is 1. The van der Waals surface area contributed by atoms with Gasteiger partial charge in [0.25, 0.3) is 0 Å². The number of carbonyl (C=O) groups excluding carboxylic acids is 3. The number of phenolic OH excluding ortho intramolecular Hbond substituents is 1. The summed E-state index contributed by atoms with van der Waals surface area (Å²) in [5.74, 6) is -2.74. The molecule has 1 N–H and O–H groups in total. The molecule has 0 aliphatic heterocycles. The van der Waals surface area contributed by atoms with Gasteiger partial charge in [0.15, 0.2) is 11.6 Å². The zero-order valence-electron chi connectivity index (χ0n) is 16.1. The van der Waals surface area contributed by atoms with Crippen LogP contribution >= 0.6 is 0 Å². The van der Waals surface area contributed by atoms with E-state index in [9.17, 15) is 19.5 Å². The molecular weight excluding hydrogens is 356 g/mol. The SMILES string of the molecule is COC(=O)c1cccc(C(=O)C(C)C(=O)C2(c3ccccc3)CCCC2)c1O. The maximum atomic E-state index is 13.5. The molecule has 0 saturated heterocycles. The van der Waals surface area contributed by atoms with E-state index in [2.05, 4.69) is 4.74 Å². The molecule has 1 saturated carbocycles. The summed E-state index contributed by atoms with van der Waals surface area (Å²) < 4.78 is 4.64. The van der Waals surface area contributed by atoms with Gasteiger partial charge in [-0.25, -0.2) is 4.79 Å². The van der Waals surface area contributed by atoms with Crippen molar-refractivity contribution in [3.8, 4) is 5.75 Å². The number of Topliss-reactive ketones (excluding diaryl/α,β-unsaturated/α-hetero) is 2. The van der Waals surface area contributed by atoms with Crippen molar-refractivity contribution in [3.05, 3.63) is 65.2 Å². The molecule has 0 amide bonds. The second-order valence-electron chi connectivity index (χ2n) is 7.30. The number of hydrogen-bond acceptors (Lipinski definition) is 5. The Hall–Kier alpha value is -2.95. The highest BCUT2D eigenvalue weighted by atomic mass is 16.5. The van der Waals surface area contributed by atoms with Crippen LogP contribution < -0.4 is 0 Å². The summed E-state index contributed by atoms with van der Waals surface area (Å²) in [6.45, 7) is 1.58. The van der Waals surface area contributed by atoms with Crippen molar-refractivity contribution in [3.63, 3.8) is 0 Å². The minimum atomic E-state index is -0.933. The highest BCUT2D eigenvalue weighted by Gasteiger charge is 2.46. The first-order valence-electron chi connectivity index (χ1n) is 9.46. The van der Waals surface area contributed by atoms with Crippen molar-refractivity contribution in [2.75, 3.05) is 7.11 Å². The van der Waals surface area contributed by atoms with Gasteiger partial charge in [0.1, 0.15) is 11.3 Å². The van der Waals surface area contributed by atoms with Crippen LogP contribution in [0.3, 0.4) is 0 Å². The molecule has 5 heteroatoms. The molecule has 28 heavy (non-hydrogen) atoms. The summed E-state index contributed by atoms with van der Waals surface area (Å²) in [4.78, 5) is 38.3. The minimum absolute atomic E-state index is 0.0371. The number of para-hydroxylation sites is 1. The number of phenols is 1. The zero-order valence-corrected chi connectivity index (χ0v) is 16.1. The molecule has 2 aromatic rings. The van der Waals surface area contributed by atoms with Crippen molar-refractivity contribution in [1.82, 2.24) is 0 Å². The third-order valence-corrected chi connectivity index (χ3v) is 5.75. The molecule has 1 atom stereocenters. The summed E-state index contributed by atoms with van der Waals surface area (Å²) >= 11 is 0. The molecule has 1 fully saturated rings. The fraction of sp³-hybridized carbons (Fsp3) is 0.348. The molecule has 3 rings (SSSR count). The number of aromatic hydroxyl groups is 1. The van der Waals surface area contributed by atoms with Gasteiger partial charge >= 0.3 is 5.97 Å². The number of hydrogen-bond donors (Lipinski definition) is 1. The fourth-order valence-electron chi connectivity index (χ4n) is 4.20. The first-order chi connectivity index (χ1) is 13.4. The summed E-state index contributed by atoms with van der Waals surface area (Å²) in [6, 6.07) is 13.9. The normalized spacial score (nSPS) is 16.4. The molecule has 0 radical (unpaired) electrons. The maximum Gasteiger partial charge on any atom is 0.341 e. The number of carbonyl (C=O) groups is 3. The molecule has 0 spiro atoms. The first kappa shape index (κ1) is 19.8. The van der Waals surface area contributed by atoms with E-state index in [0.717, 1.165) is 18.4 Å². The number of rotatable bonds is 6. The molecule has 146 valence electrons. The van der Waals surface area contributed by atoms with Gasteiger partial charge in [-0.15, -0.1) is 0 Å². The lowest BCUT2D eigenvalue weighted by molar-refractivity contribution is -0.126. The predicted molar refractivity (Wildman–Crippen MR) is 105 cm³/mol. The van der Waals surface area contributed by atoms with Crippen molar-refractivity contribution in [1.29, 1.82) is 0 Å². The molecule has 0 bridgehead atoms. The van der Waals surface area contributed by atoms with Gasteiger partial charge < -0.3 is 9.84 Å². The van der Waals surface area contributed by atoms with Crippen molar-refractivity contribution < 1.29 is 24.2 Å². The number of benzene rings is 2. The van der Waals surface area contributed by atoms with Gasteiger partial charge in [0.2, 0.25) is 0 Å². The topological polar surface area (TPSA) is 80.7 Å². The third kappa shape index (κ3) is 3.33. The van der Waals surface area contributed by atoms with Gasteiger partial charge in [0.05, 0.1) is 24.0 Å². The zero-order chi connectivity index (χ0) is 20.3. The number of methoxy groups -OCH3 is 1. The Labute approximate surface area is 164 Å². The van der Waals surface area contributed by atoms with Crippen molar-refractivity contribution in [2.24, 2.45) is 5.92 Å². The summed E-state index contributed by atoms with van der Waals surface area (Å²) in [6.07, 6.45) is 3.29. The quantitative estimate of drug-likeness (QED) is 0.464. The van der Waals surface area contributed by atoms with E-state index in [1.807, 2.05) is 30.3 Å². The van der Waals surface area contributed by atoms with Crippen LogP contribution in [-0.4, -0.2) is 29.8 Å². The second-order valence-corrected chi connectivity index (χ2v) is 7.30. The Morgan fingerprint density at radius 3 is 2.18 bits per heavy atom. The Kier molecular flexibility index (Phi) is 5.63. The Morgan fingerprint density at radius 2 is 1.57 bits per heavy atom. The van der Waals surface area contributed by atoms with E-state index >= 15 is 0 Å². The predicted octanol–water partition coefficient (Wildman–Crippen LogP) is 4.08. The van der Waals surface area contributed by atoms with Crippen molar-refractivity contribution in [2.45, 2.75) is 38.0 Å². The molecule has 1 aliphatic carbocycles. The van der Waals surface area contributed by atoms with Crippen LogP contribution in [0.1, 0.15) is 58.9 Å². The monoisotopic (exact) mass is 380 g/mol. The molecule has 0 aromatic heterocycles. The molecule has 5 nitrogen and oxygen atoms in total. The average molecular weight is 380 g/mol. The largest absolute Gasteiger partial charge is 0.506 e. The summed E-state index contributed by atoms with van der Waals surface area (Å²) in [5.41, 5.74) is 0.132. The fourth-order valence-corrected chi connectivity index (χ4v) is 4.20. The molecular formula is C23H24O5. The third-order valence-electron chi connectivity index (χ3n) is 5.75. The Balaban J connectivity index is 1.95. The lowest BCUT2D eigenvalue weighted by Gasteiger charge is -2.30. The van der Waals surface area contributed by atoms with E-state index < -0.39 is 28.8 Å². The average Bonchev–Trinajstić information content (AvgIpc) is 3.23. The van der Waals surface area contributed by atoms with Crippen LogP contribution in [-0.2, 0) is 14.9 Å². The Morgan fingerprint density at radius 1 is 0.964 bits per heavy atom. The smallest absolute Gasteiger partial charge is 0.341 e. The van der Waals surface area contributed by atoms with Crippen LogP contribution in [0, 0.1) is 5.92 Å². The summed E-state index contributed by atoms with van der Waals surface area (Å²) in [7, 11) is 1.20. The van der Waals surface area contributed by atoms with E-state index in [0.29, 0.717) is 12.8 Å². The van der Waals surface area contributed by atoms with E-state index in [-0.39, 0.29) is 16.9 Å². The maximum absolute atomic E-state index is 13.5.